The number of hydrogen-bond donors (Lipinski definition) is 1. The van der Waals surface area contributed by atoms with Crippen molar-refractivity contribution in [2.45, 2.75) is 6.04 Å². The average molecular weight is 280 g/mol. The number of ether oxygens (including phenoxy) is 2. The molecule has 1 heterocycles. The summed E-state index contributed by atoms with van der Waals surface area (Å²) in [5.74, 6) is 1.07. The normalized spacial score (nSPS) is 11.9. The van der Waals surface area contributed by atoms with Crippen molar-refractivity contribution in [3.05, 3.63) is 47.4 Å². The summed E-state index contributed by atoms with van der Waals surface area (Å²) in [7, 11) is 1.53. The van der Waals surface area contributed by atoms with Crippen molar-refractivity contribution in [2.24, 2.45) is 5.73 Å². The molecule has 0 saturated heterocycles. The Kier molecular flexibility index (Phi) is 4.54. The number of rotatable bonds is 5. The highest BCUT2D eigenvalue weighted by Crippen LogP contribution is 2.21. The molecule has 2 rings (SSSR count). The van der Waals surface area contributed by atoms with E-state index >= 15 is 0 Å². The van der Waals surface area contributed by atoms with E-state index in [1.807, 2.05) is 12.1 Å². The molecule has 0 saturated carbocycles. The molecule has 0 aliphatic heterocycles. The van der Waals surface area contributed by atoms with Gasteiger partial charge in [-0.15, -0.1) is 0 Å². The van der Waals surface area contributed by atoms with Gasteiger partial charge in [0.05, 0.1) is 13.2 Å². The highest BCUT2D eigenvalue weighted by atomic mass is 35.5. The summed E-state index contributed by atoms with van der Waals surface area (Å²) in [5, 5.41) is 0.614. The summed E-state index contributed by atoms with van der Waals surface area (Å²) in [6.45, 7) is 0.259. The molecule has 0 aliphatic rings. The Hall–Kier alpha value is -1.85. The van der Waals surface area contributed by atoms with Crippen LogP contribution in [0.3, 0.4) is 0 Å². The minimum Gasteiger partial charge on any atom is -0.491 e. The largest absolute Gasteiger partial charge is 0.491 e. The molecule has 0 amide bonds. The van der Waals surface area contributed by atoms with E-state index in [4.69, 9.17) is 26.8 Å². The van der Waals surface area contributed by atoms with E-state index in [-0.39, 0.29) is 6.61 Å². The molecule has 1 aromatic heterocycles. The van der Waals surface area contributed by atoms with Gasteiger partial charge in [-0.05, 0) is 18.2 Å². The zero-order chi connectivity index (χ0) is 13.7. The topological polar surface area (TPSA) is 70.3 Å². The van der Waals surface area contributed by atoms with Crippen LogP contribution in [0.1, 0.15) is 11.7 Å². The van der Waals surface area contributed by atoms with Crippen LogP contribution < -0.4 is 15.2 Å². The molecule has 6 heteroatoms. The fourth-order valence-corrected chi connectivity index (χ4v) is 1.75. The zero-order valence-electron chi connectivity index (χ0n) is 10.4. The molecule has 0 spiro atoms. The highest BCUT2D eigenvalue weighted by Gasteiger charge is 2.15. The maximum Gasteiger partial charge on any atom is 0.237 e. The second kappa shape index (κ2) is 6.36. The Balaban J connectivity index is 2.03. The summed E-state index contributed by atoms with van der Waals surface area (Å²) >= 11 is 5.87. The van der Waals surface area contributed by atoms with Crippen LogP contribution in [0.5, 0.6) is 11.6 Å². The Bertz CT molecular complexity index is 551. The zero-order valence-corrected chi connectivity index (χ0v) is 11.2. The van der Waals surface area contributed by atoms with Crippen LogP contribution in [-0.4, -0.2) is 23.7 Å². The van der Waals surface area contributed by atoms with Gasteiger partial charge in [-0.3, -0.25) is 4.98 Å². The monoisotopic (exact) mass is 279 g/mol. The lowest BCUT2D eigenvalue weighted by molar-refractivity contribution is 0.282. The second-order valence-electron chi connectivity index (χ2n) is 3.83. The van der Waals surface area contributed by atoms with Gasteiger partial charge in [-0.2, -0.15) is 0 Å². The van der Waals surface area contributed by atoms with E-state index in [2.05, 4.69) is 9.97 Å². The maximum atomic E-state index is 6.02. The standard InChI is InChI=1S/C13H14ClN3O2/c1-18-13-12(16-5-6-17-13)11(15)8-19-10-4-2-3-9(14)7-10/h2-7,11H,8,15H2,1H3. The maximum absolute atomic E-state index is 6.02. The fourth-order valence-electron chi connectivity index (χ4n) is 1.57. The first-order valence-corrected chi connectivity index (χ1v) is 6.07. The fraction of sp³-hybridized carbons (Fsp3) is 0.231. The van der Waals surface area contributed by atoms with Crippen molar-refractivity contribution in [2.75, 3.05) is 13.7 Å². The number of benzene rings is 1. The predicted molar refractivity (Wildman–Crippen MR) is 72.5 cm³/mol. The van der Waals surface area contributed by atoms with Crippen molar-refractivity contribution < 1.29 is 9.47 Å². The van der Waals surface area contributed by atoms with Gasteiger partial charge < -0.3 is 15.2 Å². The molecule has 0 bridgehead atoms. The van der Waals surface area contributed by atoms with Crippen LogP contribution in [0.4, 0.5) is 0 Å². The van der Waals surface area contributed by atoms with Gasteiger partial charge in [0.25, 0.3) is 0 Å². The van der Waals surface area contributed by atoms with Gasteiger partial charge in [0, 0.05) is 17.4 Å². The molecule has 2 N–H and O–H groups in total. The molecule has 19 heavy (non-hydrogen) atoms. The number of hydrogen-bond acceptors (Lipinski definition) is 5. The first-order valence-electron chi connectivity index (χ1n) is 5.69. The smallest absolute Gasteiger partial charge is 0.237 e. The third-order valence-corrected chi connectivity index (χ3v) is 2.70. The van der Waals surface area contributed by atoms with E-state index in [9.17, 15) is 0 Å². The third-order valence-electron chi connectivity index (χ3n) is 2.46. The van der Waals surface area contributed by atoms with Crippen LogP contribution in [0.2, 0.25) is 5.02 Å². The lowest BCUT2D eigenvalue weighted by Gasteiger charge is -2.14. The van der Waals surface area contributed by atoms with Crippen LogP contribution in [-0.2, 0) is 0 Å². The molecule has 1 aromatic carbocycles. The molecule has 0 aliphatic carbocycles. The van der Waals surface area contributed by atoms with Gasteiger partial charge in [-0.25, -0.2) is 4.98 Å². The van der Waals surface area contributed by atoms with Crippen LogP contribution in [0.25, 0.3) is 0 Å². The quantitative estimate of drug-likeness (QED) is 0.909. The molecule has 100 valence electrons. The second-order valence-corrected chi connectivity index (χ2v) is 4.26. The molecule has 0 fully saturated rings. The summed E-state index contributed by atoms with van der Waals surface area (Å²) in [4.78, 5) is 8.21. The first kappa shape index (κ1) is 13.6. The minimum atomic E-state index is -0.428. The number of methoxy groups -OCH3 is 1. The Morgan fingerprint density at radius 2 is 2.11 bits per heavy atom. The van der Waals surface area contributed by atoms with E-state index in [1.54, 1.807) is 24.5 Å². The molecular formula is C13H14ClN3O2. The first-order chi connectivity index (χ1) is 9.20. The summed E-state index contributed by atoms with van der Waals surface area (Å²) in [5.41, 5.74) is 6.58. The van der Waals surface area contributed by atoms with Gasteiger partial charge >= 0.3 is 0 Å². The molecule has 5 nitrogen and oxygen atoms in total. The Morgan fingerprint density at radius 1 is 1.32 bits per heavy atom. The molecule has 1 unspecified atom stereocenters. The van der Waals surface area contributed by atoms with Gasteiger partial charge in [0.2, 0.25) is 5.88 Å². The van der Waals surface area contributed by atoms with Gasteiger partial charge in [-0.1, -0.05) is 17.7 Å². The molecule has 2 aromatic rings. The average Bonchev–Trinajstić information content (AvgIpc) is 2.45. The summed E-state index contributed by atoms with van der Waals surface area (Å²) in [6.07, 6.45) is 3.12. The number of halogens is 1. The van der Waals surface area contributed by atoms with Gasteiger partial charge in [0.15, 0.2) is 0 Å². The van der Waals surface area contributed by atoms with E-state index < -0.39 is 6.04 Å². The van der Waals surface area contributed by atoms with Crippen molar-refractivity contribution in [3.8, 4) is 11.6 Å². The number of nitrogens with zero attached hydrogens (tertiary/aromatic N) is 2. The lowest BCUT2D eigenvalue weighted by Crippen LogP contribution is -2.21. The van der Waals surface area contributed by atoms with Crippen LogP contribution in [0, 0.1) is 0 Å². The Labute approximate surface area is 116 Å². The number of aromatic nitrogens is 2. The Morgan fingerprint density at radius 3 is 2.84 bits per heavy atom. The SMILES string of the molecule is COc1nccnc1C(N)COc1cccc(Cl)c1. The van der Waals surface area contributed by atoms with E-state index in [0.717, 1.165) is 0 Å². The van der Waals surface area contributed by atoms with Crippen molar-refractivity contribution in [1.82, 2.24) is 9.97 Å². The summed E-state index contributed by atoms with van der Waals surface area (Å²) < 4.78 is 10.7. The third kappa shape index (κ3) is 3.56. The van der Waals surface area contributed by atoms with Crippen LogP contribution in [0.15, 0.2) is 36.7 Å². The summed E-state index contributed by atoms with van der Waals surface area (Å²) in [6, 6.07) is 6.70. The molecule has 0 radical (unpaired) electrons. The van der Waals surface area contributed by atoms with E-state index in [0.29, 0.717) is 22.3 Å². The molecular weight excluding hydrogens is 266 g/mol. The van der Waals surface area contributed by atoms with Crippen molar-refractivity contribution >= 4 is 11.6 Å². The highest BCUT2D eigenvalue weighted by molar-refractivity contribution is 6.30. The van der Waals surface area contributed by atoms with Crippen molar-refractivity contribution in [3.63, 3.8) is 0 Å². The lowest BCUT2D eigenvalue weighted by atomic mass is 10.2. The number of nitrogens with two attached hydrogens (primary N) is 1. The molecule has 1 atom stereocenters. The minimum absolute atomic E-state index is 0.259. The predicted octanol–water partition coefficient (Wildman–Crippen LogP) is 2.22. The van der Waals surface area contributed by atoms with Gasteiger partial charge in [0.1, 0.15) is 18.1 Å². The van der Waals surface area contributed by atoms with Crippen LogP contribution >= 0.6 is 11.6 Å². The van der Waals surface area contributed by atoms with E-state index in [1.165, 1.54) is 7.11 Å². The van der Waals surface area contributed by atoms with Crippen molar-refractivity contribution in [1.29, 1.82) is 0 Å².